The summed E-state index contributed by atoms with van der Waals surface area (Å²) in [5, 5.41) is 0.686. The first-order valence-electron chi connectivity index (χ1n) is 6.13. The summed E-state index contributed by atoms with van der Waals surface area (Å²) in [5.41, 5.74) is 6.34. The lowest BCUT2D eigenvalue weighted by Crippen LogP contribution is -2.37. The third-order valence-corrected chi connectivity index (χ3v) is 3.90. The summed E-state index contributed by atoms with van der Waals surface area (Å²) >= 11 is 1.53. The highest BCUT2D eigenvalue weighted by molar-refractivity contribution is 7.18. The highest BCUT2D eigenvalue weighted by Crippen LogP contribution is 2.25. The average molecular weight is 281 g/mol. The largest absolute Gasteiger partial charge is 0.372 e. The fraction of sp³-hybridized carbons (Fsp3) is 0.538. The highest BCUT2D eigenvalue weighted by Gasteiger charge is 2.13. The van der Waals surface area contributed by atoms with Crippen LogP contribution in [0.5, 0.6) is 0 Å². The van der Waals surface area contributed by atoms with E-state index in [1.165, 1.54) is 11.3 Å². The summed E-state index contributed by atoms with van der Waals surface area (Å²) in [6.07, 6.45) is 0. The van der Waals surface area contributed by atoms with Crippen LogP contribution in [-0.4, -0.2) is 22.1 Å². The van der Waals surface area contributed by atoms with Crippen molar-refractivity contribution in [1.82, 2.24) is 9.97 Å². The van der Waals surface area contributed by atoms with Crippen molar-refractivity contribution in [3.8, 4) is 0 Å². The Morgan fingerprint density at radius 2 is 2.11 bits per heavy atom. The molecule has 0 saturated heterocycles. The first-order valence-corrected chi connectivity index (χ1v) is 6.95. The summed E-state index contributed by atoms with van der Waals surface area (Å²) in [7, 11) is 0. The molecule has 2 rings (SSSR count). The molecule has 0 amide bonds. The molecule has 19 heavy (non-hydrogen) atoms. The second-order valence-corrected chi connectivity index (χ2v) is 6.66. The Balaban J connectivity index is 2.24. The van der Waals surface area contributed by atoms with Crippen LogP contribution >= 0.6 is 11.3 Å². The SMILES string of the molecule is Cc1sc2nc(COCC(C)(C)N)[nH]c(=O)c2c1C. The molecule has 6 heteroatoms. The van der Waals surface area contributed by atoms with Crippen molar-refractivity contribution in [2.24, 2.45) is 5.73 Å². The van der Waals surface area contributed by atoms with Gasteiger partial charge in [-0.2, -0.15) is 0 Å². The molecule has 0 saturated carbocycles. The van der Waals surface area contributed by atoms with Gasteiger partial charge in [0.15, 0.2) is 0 Å². The van der Waals surface area contributed by atoms with E-state index in [-0.39, 0.29) is 17.7 Å². The molecule has 0 aliphatic heterocycles. The fourth-order valence-corrected chi connectivity index (χ4v) is 2.83. The second-order valence-electron chi connectivity index (χ2n) is 5.46. The highest BCUT2D eigenvalue weighted by atomic mass is 32.1. The lowest BCUT2D eigenvalue weighted by molar-refractivity contribution is 0.0808. The Hall–Kier alpha value is -1.24. The number of rotatable bonds is 4. The maximum atomic E-state index is 12.0. The monoisotopic (exact) mass is 281 g/mol. The molecule has 0 fully saturated rings. The van der Waals surface area contributed by atoms with Gasteiger partial charge >= 0.3 is 0 Å². The molecule has 2 aromatic rings. The van der Waals surface area contributed by atoms with Crippen molar-refractivity contribution in [3.05, 3.63) is 26.6 Å². The molecule has 0 aromatic carbocycles. The van der Waals surface area contributed by atoms with E-state index >= 15 is 0 Å². The van der Waals surface area contributed by atoms with Gasteiger partial charge in [-0.15, -0.1) is 11.3 Å². The first kappa shape index (κ1) is 14.2. The molecule has 0 atom stereocenters. The summed E-state index contributed by atoms with van der Waals surface area (Å²) in [4.78, 5) is 21.1. The van der Waals surface area contributed by atoms with Crippen molar-refractivity contribution in [3.63, 3.8) is 0 Å². The number of aromatic amines is 1. The second kappa shape index (κ2) is 5.03. The van der Waals surface area contributed by atoms with E-state index in [1.54, 1.807) is 0 Å². The van der Waals surface area contributed by atoms with Crippen molar-refractivity contribution >= 4 is 21.6 Å². The molecule has 5 nitrogen and oxygen atoms in total. The molecular formula is C13H19N3O2S. The van der Waals surface area contributed by atoms with Crippen LogP contribution in [0.1, 0.15) is 30.1 Å². The van der Waals surface area contributed by atoms with Gasteiger partial charge in [0, 0.05) is 10.4 Å². The summed E-state index contributed by atoms with van der Waals surface area (Å²) in [5.74, 6) is 0.544. The Morgan fingerprint density at radius 1 is 1.42 bits per heavy atom. The Bertz CT molecular complexity index is 652. The minimum Gasteiger partial charge on any atom is -0.372 e. The van der Waals surface area contributed by atoms with Crippen LogP contribution in [0.15, 0.2) is 4.79 Å². The van der Waals surface area contributed by atoms with Gasteiger partial charge in [-0.25, -0.2) is 4.98 Å². The standard InChI is InChI=1S/C13H19N3O2S/c1-7-8(2)19-12-10(7)11(17)15-9(16-12)5-18-6-13(3,4)14/h5-6,14H2,1-4H3,(H,15,16,17). The first-order chi connectivity index (χ1) is 8.78. The van der Waals surface area contributed by atoms with Crippen molar-refractivity contribution in [2.45, 2.75) is 39.8 Å². The van der Waals surface area contributed by atoms with Gasteiger partial charge in [-0.1, -0.05) is 0 Å². The third kappa shape index (κ3) is 3.20. The smallest absolute Gasteiger partial charge is 0.259 e. The minimum atomic E-state index is -0.388. The van der Waals surface area contributed by atoms with Gasteiger partial charge in [-0.05, 0) is 33.3 Å². The fourth-order valence-electron chi connectivity index (χ4n) is 1.78. The number of aryl methyl sites for hydroxylation is 2. The molecular weight excluding hydrogens is 262 g/mol. The Labute approximate surface area is 115 Å². The zero-order valence-corrected chi connectivity index (χ0v) is 12.5. The minimum absolute atomic E-state index is 0.0996. The normalized spacial score (nSPS) is 12.3. The molecule has 2 heterocycles. The van der Waals surface area contributed by atoms with E-state index < -0.39 is 0 Å². The van der Waals surface area contributed by atoms with Gasteiger partial charge in [-0.3, -0.25) is 4.79 Å². The van der Waals surface area contributed by atoms with Gasteiger partial charge < -0.3 is 15.5 Å². The topological polar surface area (TPSA) is 81.0 Å². The number of thiophene rings is 1. The Kier molecular flexibility index (Phi) is 3.75. The van der Waals surface area contributed by atoms with Crippen LogP contribution in [0.4, 0.5) is 0 Å². The average Bonchev–Trinajstić information content (AvgIpc) is 2.53. The van der Waals surface area contributed by atoms with Crippen LogP contribution in [0, 0.1) is 13.8 Å². The van der Waals surface area contributed by atoms with Crippen LogP contribution < -0.4 is 11.3 Å². The molecule has 0 aliphatic rings. The molecule has 0 spiro atoms. The lowest BCUT2D eigenvalue weighted by atomic mass is 10.1. The quantitative estimate of drug-likeness (QED) is 0.896. The Morgan fingerprint density at radius 3 is 2.74 bits per heavy atom. The maximum Gasteiger partial charge on any atom is 0.259 e. The number of nitrogens with zero attached hydrogens (tertiary/aromatic N) is 1. The number of ether oxygens (including phenoxy) is 1. The third-order valence-electron chi connectivity index (χ3n) is 2.80. The number of hydrogen-bond donors (Lipinski definition) is 2. The zero-order chi connectivity index (χ0) is 14.2. The van der Waals surface area contributed by atoms with E-state index in [0.717, 1.165) is 15.3 Å². The number of aromatic nitrogens is 2. The molecule has 2 aromatic heterocycles. The molecule has 0 radical (unpaired) electrons. The van der Waals surface area contributed by atoms with E-state index in [4.69, 9.17) is 10.5 Å². The lowest BCUT2D eigenvalue weighted by Gasteiger charge is -2.17. The van der Waals surface area contributed by atoms with Crippen LogP contribution in [0.2, 0.25) is 0 Å². The van der Waals surface area contributed by atoms with E-state index in [1.807, 2.05) is 27.7 Å². The van der Waals surface area contributed by atoms with Gasteiger partial charge in [0.2, 0.25) is 0 Å². The van der Waals surface area contributed by atoms with E-state index in [2.05, 4.69) is 9.97 Å². The predicted molar refractivity (Wildman–Crippen MR) is 77.6 cm³/mol. The van der Waals surface area contributed by atoms with E-state index in [0.29, 0.717) is 17.8 Å². The maximum absolute atomic E-state index is 12.0. The summed E-state index contributed by atoms with van der Waals surface area (Å²) in [6, 6.07) is 0. The van der Waals surface area contributed by atoms with Crippen molar-refractivity contribution < 1.29 is 4.74 Å². The van der Waals surface area contributed by atoms with Crippen LogP contribution in [-0.2, 0) is 11.3 Å². The number of hydrogen-bond acceptors (Lipinski definition) is 5. The molecule has 0 aliphatic carbocycles. The van der Waals surface area contributed by atoms with Crippen molar-refractivity contribution in [2.75, 3.05) is 6.61 Å². The molecule has 0 bridgehead atoms. The van der Waals surface area contributed by atoms with Gasteiger partial charge in [0.25, 0.3) is 5.56 Å². The summed E-state index contributed by atoms with van der Waals surface area (Å²) in [6.45, 7) is 8.39. The van der Waals surface area contributed by atoms with Gasteiger partial charge in [0.05, 0.1) is 12.0 Å². The van der Waals surface area contributed by atoms with E-state index in [9.17, 15) is 4.79 Å². The molecule has 0 unspecified atom stereocenters. The van der Waals surface area contributed by atoms with Crippen LogP contribution in [0.3, 0.4) is 0 Å². The summed E-state index contributed by atoms with van der Waals surface area (Å²) < 4.78 is 5.47. The zero-order valence-electron chi connectivity index (χ0n) is 11.7. The molecule has 104 valence electrons. The van der Waals surface area contributed by atoms with Gasteiger partial charge in [0.1, 0.15) is 17.3 Å². The predicted octanol–water partition coefficient (Wildman–Crippen LogP) is 1.86. The number of H-pyrrole nitrogens is 1. The number of nitrogens with two attached hydrogens (primary N) is 1. The molecule has 3 N–H and O–H groups in total. The number of nitrogens with one attached hydrogen (secondary N) is 1. The number of fused-ring (bicyclic) bond motifs is 1. The van der Waals surface area contributed by atoms with Crippen molar-refractivity contribution in [1.29, 1.82) is 0 Å². The van der Waals surface area contributed by atoms with Crippen LogP contribution in [0.25, 0.3) is 10.2 Å².